The molecule has 3 heterocycles. The van der Waals surface area contributed by atoms with E-state index in [9.17, 15) is 9.59 Å². The number of H-pyrrole nitrogens is 1. The largest absolute Gasteiger partial charge is 0.413 e. The van der Waals surface area contributed by atoms with Crippen LogP contribution in [0.1, 0.15) is 16.1 Å². The van der Waals surface area contributed by atoms with Gasteiger partial charge in [0.05, 0.1) is 17.6 Å². The topological polar surface area (TPSA) is 131 Å². The summed E-state index contributed by atoms with van der Waals surface area (Å²) in [5.41, 5.74) is 2.51. The fourth-order valence-electron chi connectivity index (χ4n) is 2.75. The van der Waals surface area contributed by atoms with E-state index in [1.54, 1.807) is 51.5 Å². The molecular weight excluding hydrogens is 386 g/mol. The summed E-state index contributed by atoms with van der Waals surface area (Å²) in [5, 5.41) is 7.90. The second kappa shape index (κ2) is 7.66. The van der Waals surface area contributed by atoms with Gasteiger partial charge in [-0.05, 0) is 19.1 Å². The first-order chi connectivity index (χ1) is 14.4. The molecule has 0 saturated heterocycles. The van der Waals surface area contributed by atoms with Crippen molar-refractivity contribution >= 4 is 5.91 Å². The van der Waals surface area contributed by atoms with Crippen LogP contribution in [0, 0.1) is 6.92 Å². The van der Waals surface area contributed by atoms with Gasteiger partial charge in [-0.2, -0.15) is 0 Å². The summed E-state index contributed by atoms with van der Waals surface area (Å²) < 4.78 is 5.63. The van der Waals surface area contributed by atoms with Crippen molar-refractivity contribution in [2.24, 2.45) is 0 Å². The summed E-state index contributed by atoms with van der Waals surface area (Å²) in [6.07, 6.45) is 4.47. The number of carbonyl (C=O) groups is 1. The first kappa shape index (κ1) is 19.1. The van der Waals surface area contributed by atoms with Crippen molar-refractivity contribution in [2.45, 2.75) is 6.92 Å². The van der Waals surface area contributed by atoms with Gasteiger partial charge in [0.15, 0.2) is 5.69 Å². The van der Waals surface area contributed by atoms with Crippen LogP contribution >= 0.6 is 0 Å². The molecule has 1 aromatic carbocycles. The number of benzene rings is 1. The number of rotatable bonds is 4. The molecule has 0 aliphatic heterocycles. The monoisotopic (exact) mass is 403 g/mol. The zero-order valence-corrected chi connectivity index (χ0v) is 16.4. The number of nitrogens with one attached hydrogen (secondary N) is 1. The van der Waals surface area contributed by atoms with Crippen LogP contribution in [0.25, 0.3) is 34.4 Å². The first-order valence-electron chi connectivity index (χ1n) is 8.97. The number of aromatic nitrogens is 6. The SMILES string of the molecule is Cc1ncc(-c2ccc(C(=O)N(C)C)cc2)nc1-c1nnc(-c2ncc[nH]c2=O)o1. The fraction of sp³-hybridized carbons (Fsp3) is 0.150. The highest BCUT2D eigenvalue weighted by Crippen LogP contribution is 2.25. The van der Waals surface area contributed by atoms with Gasteiger partial charge in [-0.1, -0.05) is 12.1 Å². The third kappa shape index (κ3) is 3.58. The van der Waals surface area contributed by atoms with Crippen molar-refractivity contribution in [3.63, 3.8) is 0 Å². The van der Waals surface area contributed by atoms with Crippen molar-refractivity contribution < 1.29 is 9.21 Å². The number of hydrogen-bond acceptors (Lipinski definition) is 8. The Morgan fingerprint density at radius 2 is 1.73 bits per heavy atom. The zero-order valence-electron chi connectivity index (χ0n) is 16.4. The minimum atomic E-state index is -0.434. The fourth-order valence-corrected chi connectivity index (χ4v) is 2.75. The smallest absolute Gasteiger partial charge is 0.279 e. The van der Waals surface area contributed by atoms with E-state index >= 15 is 0 Å². The van der Waals surface area contributed by atoms with Crippen molar-refractivity contribution in [2.75, 3.05) is 14.1 Å². The van der Waals surface area contributed by atoms with E-state index in [4.69, 9.17) is 4.42 Å². The number of nitrogens with zero attached hydrogens (tertiary/aromatic N) is 6. The van der Waals surface area contributed by atoms with E-state index in [0.29, 0.717) is 22.6 Å². The maximum atomic E-state index is 12.1. The molecule has 0 aliphatic carbocycles. The van der Waals surface area contributed by atoms with E-state index in [2.05, 4.69) is 30.1 Å². The van der Waals surface area contributed by atoms with Crippen molar-refractivity contribution in [3.05, 3.63) is 64.5 Å². The lowest BCUT2D eigenvalue weighted by Crippen LogP contribution is -2.21. The molecule has 1 N–H and O–H groups in total. The number of carbonyl (C=O) groups excluding carboxylic acids is 1. The summed E-state index contributed by atoms with van der Waals surface area (Å²) in [5.74, 6) is 0.0337. The lowest BCUT2D eigenvalue weighted by Gasteiger charge is -2.10. The summed E-state index contributed by atoms with van der Waals surface area (Å²) in [4.78, 5) is 40.9. The van der Waals surface area contributed by atoms with Crippen LogP contribution in [0.3, 0.4) is 0 Å². The van der Waals surface area contributed by atoms with Gasteiger partial charge < -0.3 is 14.3 Å². The molecule has 150 valence electrons. The minimum Gasteiger partial charge on any atom is -0.413 e. The molecule has 0 saturated carbocycles. The van der Waals surface area contributed by atoms with Crippen LogP contribution in [0.4, 0.5) is 0 Å². The van der Waals surface area contributed by atoms with Gasteiger partial charge in [-0.15, -0.1) is 10.2 Å². The summed E-state index contributed by atoms with van der Waals surface area (Å²) in [6.45, 7) is 1.77. The van der Waals surface area contributed by atoms with Crippen molar-refractivity contribution in [1.29, 1.82) is 0 Å². The molecule has 30 heavy (non-hydrogen) atoms. The lowest BCUT2D eigenvalue weighted by atomic mass is 10.1. The van der Waals surface area contributed by atoms with E-state index in [1.807, 2.05) is 0 Å². The van der Waals surface area contributed by atoms with Crippen LogP contribution in [0.15, 0.2) is 52.1 Å². The summed E-state index contributed by atoms with van der Waals surface area (Å²) in [7, 11) is 3.40. The predicted octanol–water partition coefficient (Wildman–Crippen LogP) is 1.95. The van der Waals surface area contributed by atoms with Crippen LogP contribution in [-0.4, -0.2) is 55.0 Å². The molecule has 4 rings (SSSR count). The standard InChI is InChI=1S/C20H17N7O3/c1-11-15(18-25-26-19(30-18)16-17(28)22-9-8-21-16)24-14(10-23-11)12-4-6-13(7-5-12)20(29)27(2)3/h4-10H,1-3H3,(H,22,28). The third-order valence-corrected chi connectivity index (χ3v) is 4.33. The Balaban J connectivity index is 1.69. The molecule has 0 radical (unpaired) electrons. The van der Waals surface area contributed by atoms with Crippen molar-refractivity contribution in [1.82, 2.24) is 35.0 Å². The molecule has 0 fully saturated rings. The Morgan fingerprint density at radius 1 is 1.03 bits per heavy atom. The lowest BCUT2D eigenvalue weighted by molar-refractivity contribution is 0.0827. The van der Waals surface area contributed by atoms with Gasteiger partial charge in [-0.3, -0.25) is 14.6 Å². The summed E-state index contributed by atoms with van der Waals surface area (Å²) >= 11 is 0. The quantitative estimate of drug-likeness (QED) is 0.547. The highest BCUT2D eigenvalue weighted by molar-refractivity contribution is 5.94. The van der Waals surface area contributed by atoms with Crippen LogP contribution in [0.5, 0.6) is 0 Å². The third-order valence-electron chi connectivity index (χ3n) is 4.33. The van der Waals surface area contributed by atoms with E-state index in [1.165, 1.54) is 17.3 Å². The molecule has 1 amide bonds. The Labute approximate surface area is 170 Å². The summed E-state index contributed by atoms with van der Waals surface area (Å²) in [6, 6.07) is 7.06. The van der Waals surface area contributed by atoms with E-state index in [0.717, 1.165) is 5.56 Å². The Hall–Kier alpha value is -4.21. The second-order valence-corrected chi connectivity index (χ2v) is 6.65. The maximum Gasteiger partial charge on any atom is 0.279 e. The average molecular weight is 403 g/mol. The van der Waals surface area contributed by atoms with Gasteiger partial charge in [-0.25, -0.2) is 9.97 Å². The Bertz CT molecular complexity index is 1280. The molecule has 4 aromatic rings. The van der Waals surface area contributed by atoms with Gasteiger partial charge >= 0.3 is 0 Å². The van der Waals surface area contributed by atoms with Gasteiger partial charge in [0.25, 0.3) is 23.2 Å². The van der Waals surface area contributed by atoms with Crippen LogP contribution < -0.4 is 5.56 Å². The first-order valence-corrected chi connectivity index (χ1v) is 8.97. The number of aryl methyl sites for hydroxylation is 1. The zero-order chi connectivity index (χ0) is 21.3. The molecule has 0 aliphatic rings. The molecular formula is C20H17N7O3. The minimum absolute atomic E-state index is 0.00926. The number of aromatic amines is 1. The highest BCUT2D eigenvalue weighted by Gasteiger charge is 2.18. The Kier molecular flexibility index (Phi) is 4.88. The van der Waals surface area contributed by atoms with E-state index in [-0.39, 0.29) is 23.4 Å². The number of amides is 1. The molecule has 0 bridgehead atoms. The van der Waals surface area contributed by atoms with Gasteiger partial charge in [0.1, 0.15) is 5.69 Å². The molecule has 0 spiro atoms. The Morgan fingerprint density at radius 3 is 2.40 bits per heavy atom. The van der Waals surface area contributed by atoms with Gasteiger partial charge in [0, 0.05) is 37.6 Å². The van der Waals surface area contributed by atoms with Gasteiger partial charge in [0.2, 0.25) is 0 Å². The van der Waals surface area contributed by atoms with Crippen LogP contribution in [0.2, 0.25) is 0 Å². The average Bonchev–Trinajstić information content (AvgIpc) is 3.23. The highest BCUT2D eigenvalue weighted by atomic mass is 16.4. The molecule has 0 unspecified atom stereocenters. The van der Waals surface area contributed by atoms with Crippen molar-refractivity contribution in [3.8, 4) is 34.4 Å². The molecule has 0 atom stereocenters. The number of hydrogen-bond donors (Lipinski definition) is 1. The van der Waals surface area contributed by atoms with Crippen LogP contribution in [-0.2, 0) is 0 Å². The molecule has 10 heteroatoms. The van der Waals surface area contributed by atoms with E-state index < -0.39 is 5.56 Å². The maximum absolute atomic E-state index is 12.1. The predicted molar refractivity (Wildman–Crippen MR) is 107 cm³/mol. The second-order valence-electron chi connectivity index (χ2n) is 6.65. The normalized spacial score (nSPS) is 10.8. The molecule has 3 aromatic heterocycles. The molecule has 10 nitrogen and oxygen atoms in total.